The van der Waals surface area contributed by atoms with Crippen LogP contribution in [-0.2, 0) is 11.2 Å². The highest BCUT2D eigenvalue weighted by Gasteiger charge is 2.25. The van der Waals surface area contributed by atoms with Crippen molar-refractivity contribution in [2.75, 3.05) is 31.7 Å². The molecule has 3 aromatic rings. The van der Waals surface area contributed by atoms with E-state index in [9.17, 15) is 0 Å². The molecular formula is C19H23N5OS. The zero-order chi connectivity index (χ0) is 17.8. The highest BCUT2D eigenvalue weighted by atomic mass is 32.1. The molecule has 0 amide bonds. The molecule has 1 aliphatic rings. The third-order valence-electron chi connectivity index (χ3n) is 4.75. The van der Waals surface area contributed by atoms with E-state index in [0.717, 1.165) is 54.8 Å². The van der Waals surface area contributed by atoms with E-state index in [0.29, 0.717) is 12.5 Å². The minimum Gasteiger partial charge on any atom is -0.384 e. The summed E-state index contributed by atoms with van der Waals surface area (Å²) in [7, 11) is 1.70. The van der Waals surface area contributed by atoms with Crippen molar-refractivity contribution in [3.8, 4) is 11.3 Å². The molecule has 4 rings (SSSR count). The molecule has 1 aliphatic heterocycles. The third kappa shape index (κ3) is 3.78. The zero-order valence-electron chi connectivity index (χ0n) is 14.9. The summed E-state index contributed by atoms with van der Waals surface area (Å²) in [6.45, 7) is 2.62. The molecule has 1 atom stereocenters. The molecule has 0 bridgehead atoms. The Balaban J connectivity index is 1.45. The van der Waals surface area contributed by atoms with Gasteiger partial charge in [-0.1, -0.05) is 30.3 Å². The van der Waals surface area contributed by atoms with Crippen molar-refractivity contribution in [1.82, 2.24) is 19.3 Å². The normalized spacial score (nSPS) is 17.6. The largest absolute Gasteiger partial charge is 0.384 e. The number of H-pyrrole nitrogens is 1. The minimum atomic E-state index is 0.396. The average Bonchev–Trinajstić information content (AvgIpc) is 3.37. The minimum absolute atomic E-state index is 0.396. The van der Waals surface area contributed by atoms with Crippen LogP contribution < -0.4 is 4.90 Å². The van der Waals surface area contributed by atoms with Gasteiger partial charge in [-0.2, -0.15) is 4.37 Å². The Kier molecular flexibility index (Phi) is 5.26. The van der Waals surface area contributed by atoms with Crippen molar-refractivity contribution in [3.05, 3.63) is 48.2 Å². The van der Waals surface area contributed by atoms with E-state index in [1.165, 1.54) is 17.1 Å². The highest BCUT2D eigenvalue weighted by Crippen LogP contribution is 2.30. The first kappa shape index (κ1) is 17.2. The van der Waals surface area contributed by atoms with Crippen LogP contribution in [0.25, 0.3) is 11.3 Å². The van der Waals surface area contributed by atoms with Gasteiger partial charge < -0.3 is 14.6 Å². The van der Waals surface area contributed by atoms with Gasteiger partial charge in [0.1, 0.15) is 11.6 Å². The molecule has 0 aliphatic carbocycles. The fraction of sp³-hybridized carbons (Fsp3) is 0.421. The highest BCUT2D eigenvalue weighted by molar-refractivity contribution is 7.09. The van der Waals surface area contributed by atoms with E-state index in [1.807, 2.05) is 12.3 Å². The van der Waals surface area contributed by atoms with Gasteiger partial charge in [0.25, 0.3) is 0 Å². The number of rotatable bonds is 6. The SMILES string of the molecule is COCCc1nsc(N2CCCC(c3ncc(-c4ccccc4)[nH]3)C2)n1. The molecule has 0 spiro atoms. The standard InChI is InChI=1S/C19H23N5OS/c1-25-11-9-17-22-19(26-23-17)24-10-5-8-15(13-24)18-20-12-16(21-18)14-6-3-2-4-7-14/h2-4,6-7,12,15H,5,8-11,13H2,1H3,(H,20,21). The van der Waals surface area contributed by atoms with Crippen molar-refractivity contribution < 1.29 is 4.74 Å². The molecule has 26 heavy (non-hydrogen) atoms. The Morgan fingerprint density at radius 1 is 1.31 bits per heavy atom. The van der Waals surface area contributed by atoms with Gasteiger partial charge in [-0.25, -0.2) is 9.97 Å². The van der Waals surface area contributed by atoms with Crippen molar-refractivity contribution in [1.29, 1.82) is 0 Å². The molecule has 1 N–H and O–H groups in total. The van der Waals surface area contributed by atoms with Crippen LogP contribution in [0.3, 0.4) is 0 Å². The van der Waals surface area contributed by atoms with Crippen molar-refractivity contribution >= 4 is 16.7 Å². The second-order valence-electron chi connectivity index (χ2n) is 6.57. The molecular weight excluding hydrogens is 346 g/mol. The number of hydrogen-bond acceptors (Lipinski definition) is 6. The van der Waals surface area contributed by atoms with Crippen LogP contribution in [0.4, 0.5) is 5.13 Å². The summed E-state index contributed by atoms with van der Waals surface area (Å²) in [5.41, 5.74) is 2.25. The fourth-order valence-corrected chi connectivity index (χ4v) is 4.10. The number of imidazole rings is 1. The lowest BCUT2D eigenvalue weighted by molar-refractivity contribution is 0.201. The summed E-state index contributed by atoms with van der Waals surface area (Å²) >= 11 is 1.48. The Morgan fingerprint density at radius 3 is 3.04 bits per heavy atom. The molecule has 3 heterocycles. The van der Waals surface area contributed by atoms with E-state index in [4.69, 9.17) is 4.74 Å². The van der Waals surface area contributed by atoms with Crippen LogP contribution in [0, 0.1) is 0 Å². The number of hydrogen-bond donors (Lipinski definition) is 1. The second kappa shape index (κ2) is 7.97. The van der Waals surface area contributed by atoms with Gasteiger partial charge in [0.05, 0.1) is 18.5 Å². The lowest BCUT2D eigenvalue weighted by Crippen LogP contribution is -2.34. The number of benzene rings is 1. The molecule has 1 unspecified atom stereocenters. The van der Waals surface area contributed by atoms with E-state index in [2.05, 4.69) is 48.5 Å². The van der Waals surface area contributed by atoms with Gasteiger partial charge in [0, 0.05) is 44.1 Å². The first-order chi connectivity index (χ1) is 12.8. The van der Waals surface area contributed by atoms with Crippen LogP contribution in [0.1, 0.15) is 30.4 Å². The van der Waals surface area contributed by atoms with E-state index in [-0.39, 0.29) is 0 Å². The number of methoxy groups -OCH3 is 1. The number of nitrogens with one attached hydrogen (secondary N) is 1. The van der Waals surface area contributed by atoms with Crippen LogP contribution in [0.5, 0.6) is 0 Å². The quantitative estimate of drug-likeness (QED) is 0.720. The molecule has 0 radical (unpaired) electrons. The number of piperidine rings is 1. The molecule has 136 valence electrons. The van der Waals surface area contributed by atoms with Crippen molar-refractivity contribution in [2.24, 2.45) is 0 Å². The van der Waals surface area contributed by atoms with Crippen molar-refractivity contribution in [3.63, 3.8) is 0 Å². The lowest BCUT2D eigenvalue weighted by atomic mass is 9.98. The van der Waals surface area contributed by atoms with Crippen molar-refractivity contribution in [2.45, 2.75) is 25.2 Å². The topological polar surface area (TPSA) is 66.9 Å². The van der Waals surface area contributed by atoms with Gasteiger partial charge >= 0.3 is 0 Å². The molecule has 2 aromatic heterocycles. The van der Waals surface area contributed by atoms with Crippen LogP contribution in [-0.4, -0.2) is 46.1 Å². The Labute approximate surface area is 157 Å². The lowest BCUT2D eigenvalue weighted by Gasteiger charge is -2.31. The maximum absolute atomic E-state index is 5.11. The fourth-order valence-electron chi connectivity index (χ4n) is 3.35. The van der Waals surface area contributed by atoms with Gasteiger partial charge in [0.15, 0.2) is 0 Å². The molecule has 0 saturated carbocycles. The maximum Gasteiger partial charge on any atom is 0.205 e. The summed E-state index contributed by atoms with van der Waals surface area (Å²) in [4.78, 5) is 15.2. The van der Waals surface area contributed by atoms with Gasteiger partial charge in [0.2, 0.25) is 5.13 Å². The maximum atomic E-state index is 5.11. The molecule has 1 saturated heterocycles. The third-order valence-corrected chi connectivity index (χ3v) is 5.56. The molecule has 1 fully saturated rings. The van der Waals surface area contributed by atoms with Crippen LogP contribution in [0.15, 0.2) is 36.5 Å². The summed E-state index contributed by atoms with van der Waals surface area (Å²) in [6, 6.07) is 10.3. The van der Waals surface area contributed by atoms with Gasteiger partial charge in [-0.15, -0.1) is 0 Å². The zero-order valence-corrected chi connectivity index (χ0v) is 15.7. The summed E-state index contributed by atoms with van der Waals surface area (Å²) in [5.74, 6) is 2.34. The monoisotopic (exact) mass is 369 g/mol. The number of aromatic amines is 1. The van der Waals surface area contributed by atoms with Crippen LogP contribution in [0.2, 0.25) is 0 Å². The number of anilines is 1. The summed E-state index contributed by atoms with van der Waals surface area (Å²) < 4.78 is 9.57. The Hall–Kier alpha value is -2.25. The smallest absolute Gasteiger partial charge is 0.205 e. The van der Waals surface area contributed by atoms with E-state index < -0.39 is 0 Å². The molecule has 6 nitrogen and oxygen atoms in total. The first-order valence-corrected chi connectivity index (χ1v) is 9.77. The predicted molar refractivity (Wildman–Crippen MR) is 104 cm³/mol. The molecule has 1 aromatic carbocycles. The Bertz CT molecular complexity index is 831. The first-order valence-electron chi connectivity index (χ1n) is 9.00. The van der Waals surface area contributed by atoms with Gasteiger partial charge in [-0.05, 0) is 18.4 Å². The summed E-state index contributed by atoms with van der Waals surface area (Å²) in [5, 5.41) is 1.01. The average molecular weight is 369 g/mol. The molecule has 7 heteroatoms. The second-order valence-corrected chi connectivity index (χ2v) is 7.30. The van der Waals surface area contributed by atoms with E-state index >= 15 is 0 Å². The summed E-state index contributed by atoms with van der Waals surface area (Å²) in [6.07, 6.45) is 4.99. The number of ether oxygens (including phenoxy) is 1. The number of aromatic nitrogens is 4. The van der Waals surface area contributed by atoms with Crippen LogP contribution >= 0.6 is 11.5 Å². The van der Waals surface area contributed by atoms with E-state index in [1.54, 1.807) is 7.11 Å². The predicted octanol–water partition coefficient (Wildman–Crippen LogP) is 3.50. The Morgan fingerprint density at radius 2 is 2.19 bits per heavy atom. The van der Waals surface area contributed by atoms with Gasteiger partial charge in [-0.3, -0.25) is 0 Å². The number of nitrogens with zero attached hydrogens (tertiary/aromatic N) is 4.